The van der Waals surface area contributed by atoms with Gasteiger partial charge in [-0.15, -0.1) is 0 Å². The predicted molar refractivity (Wildman–Crippen MR) is 42.6 cm³/mol. The van der Waals surface area contributed by atoms with Crippen LogP contribution in [0, 0.1) is 0 Å². The number of nitrogens with one attached hydrogen (secondary N) is 1. The summed E-state index contributed by atoms with van der Waals surface area (Å²) in [6, 6.07) is 0. The first-order valence-electron chi connectivity index (χ1n) is 3.87. The second kappa shape index (κ2) is 2.58. The van der Waals surface area contributed by atoms with Gasteiger partial charge >= 0.3 is 0 Å². The van der Waals surface area contributed by atoms with E-state index in [-0.39, 0.29) is 5.91 Å². The summed E-state index contributed by atoms with van der Waals surface area (Å²) in [5.41, 5.74) is 2.22. The standard InChI is InChI=1S/C8H10N2O/c11-8-2-1-6-5-9-4-3-7(6)10-8/h1,9H,2-5H2. The van der Waals surface area contributed by atoms with Crippen LogP contribution in [0.3, 0.4) is 0 Å². The van der Waals surface area contributed by atoms with Crippen LogP contribution in [0.15, 0.2) is 16.6 Å². The Hall–Kier alpha value is -0.960. The van der Waals surface area contributed by atoms with Gasteiger partial charge in [0.15, 0.2) is 0 Å². The fourth-order valence-corrected chi connectivity index (χ4v) is 1.42. The topological polar surface area (TPSA) is 41.5 Å². The van der Waals surface area contributed by atoms with Crippen molar-refractivity contribution in [2.24, 2.45) is 4.99 Å². The summed E-state index contributed by atoms with van der Waals surface area (Å²) in [6.07, 6.45) is 3.37. The molecule has 0 spiro atoms. The Morgan fingerprint density at radius 1 is 1.55 bits per heavy atom. The van der Waals surface area contributed by atoms with Gasteiger partial charge in [-0.3, -0.25) is 4.79 Å². The van der Waals surface area contributed by atoms with Crippen molar-refractivity contribution < 1.29 is 4.79 Å². The van der Waals surface area contributed by atoms with E-state index in [0.717, 1.165) is 25.2 Å². The molecule has 1 saturated heterocycles. The van der Waals surface area contributed by atoms with E-state index in [1.165, 1.54) is 5.57 Å². The maximum atomic E-state index is 10.9. The molecule has 0 radical (unpaired) electrons. The van der Waals surface area contributed by atoms with E-state index in [2.05, 4.69) is 10.3 Å². The van der Waals surface area contributed by atoms with Crippen molar-refractivity contribution in [3.05, 3.63) is 11.6 Å². The molecule has 0 aromatic rings. The van der Waals surface area contributed by atoms with Crippen molar-refractivity contribution in [1.29, 1.82) is 0 Å². The lowest BCUT2D eigenvalue weighted by molar-refractivity contribution is -0.117. The van der Waals surface area contributed by atoms with Crippen LogP contribution in [-0.4, -0.2) is 24.7 Å². The normalized spacial score (nSPS) is 23.8. The minimum atomic E-state index is 0.00523. The van der Waals surface area contributed by atoms with Crippen LogP contribution in [0.2, 0.25) is 0 Å². The molecule has 0 aromatic heterocycles. The van der Waals surface area contributed by atoms with Crippen LogP contribution in [0.4, 0.5) is 0 Å². The number of amides is 1. The molecule has 1 N–H and O–H groups in total. The molecule has 2 aliphatic rings. The Bertz CT molecular complexity index is 253. The quantitative estimate of drug-likeness (QED) is 0.538. The smallest absolute Gasteiger partial charge is 0.249 e. The Morgan fingerprint density at radius 2 is 2.45 bits per heavy atom. The average Bonchev–Trinajstić information content (AvgIpc) is 2.04. The third-order valence-corrected chi connectivity index (χ3v) is 2.01. The number of hydrogen-bond donors (Lipinski definition) is 1. The zero-order chi connectivity index (χ0) is 7.68. The highest BCUT2D eigenvalue weighted by molar-refractivity contribution is 6.09. The molecule has 0 saturated carbocycles. The summed E-state index contributed by atoms with van der Waals surface area (Å²) in [7, 11) is 0. The van der Waals surface area contributed by atoms with Crippen molar-refractivity contribution in [2.75, 3.05) is 13.1 Å². The highest BCUT2D eigenvalue weighted by atomic mass is 16.1. The number of dihydropyridines is 1. The monoisotopic (exact) mass is 150 g/mol. The van der Waals surface area contributed by atoms with Gasteiger partial charge in [-0.1, -0.05) is 6.08 Å². The number of rotatable bonds is 0. The molecular weight excluding hydrogens is 140 g/mol. The minimum absolute atomic E-state index is 0.00523. The van der Waals surface area contributed by atoms with Gasteiger partial charge in [-0.2, -0.15) is 0 Å². The molecule has 3 nitrogen and oxygen atoms in total. The van der Waals surface area contributed by atoms with Crippen LogP contribution in [0.1, 0.15) is 12.8 Å². The van der Waals surface area contributed by atoms with Crippen molar-refractivity contribution in [2.45, 2.75) is 12.8 Å². The second-order valence-corrected chi connectivity index (χ2v) is 2.81. The maximum absolute atomic E-state index is 10.9. The Balaban J connectivity index is 2.26. The van der Waals surface area contributed by atoms with Gasteiger partial charge in [0.05, 0.1) is 0 Å². The zero-order valence-corrected chi connectivity index (χ0v) is 6.26. The fraction of sp³-hybridized carbons (Fsp3) is 0.500. The van der Waals surface area contributed by atoms with Gasteiger partial charge in [0.25, 0.3) is 0 Å². The van der Waals surface area contributed by atoms with Gasteiger partial charge in [0.1, 0.15) is 0 Å². The number of hydrogen-bond acceptors (Lipinski definition) is 2. The van der Waals surface area contributed by atoms with Gasteiger partial charge in [0, 0.05) is 31.6 Å². The van der Waals surface area contributed by atoms with Crippen molar-refractivity contribution in [1.82, 2.24) is 5.32 Å². The lowest BCUT2D eigenvalue weighted by Crippen LogP contribution is -2.32. The number of aliphatic imine (C=N–C) groups is 1. The fourth-order valence-electron chi connectivity index (χ4n) is 1.42. The maximum Gasteiger partial charge on any atom is 0.249 e. The lowest BCUT2D eigenvalue weighted by Gasteiger charge is -2.20. The van der Waals surface area contributed by atoms with E-state index >= 15 is 0 Å². The Labute approximate surface area is 65.2 Å². The summed E-state index contributed by atoms with van der Waals surface area (Å²) in [5, 5.41) is 3.24. The molecule has 0 aliphatic carbocycles. The van der Waals surface area contributed by atoms with Gasteiger partial charge in [0.2, 0.25) is 5.91 Å². The summed E-state index contributed by atoms with van der Waals surface area (Å²) in [5.74, 6) is 0.00523. The van der Waals surface area contributed by atoms with E-state index in [0.29, 0.717) is 6.42 Å². The summed E-state index contributed by atoms with van der Waals surface area (Å²) in [4.78, 5) is 14.8. The molecule has 0 atom stereocenters. The number of fused-ring (bicyclic) bond motifs is 1. The van der Waals surface area contributed by atoms with Crippen LogP contribution >= 0.6 is 0 Å². The summed E-state index contributed by atoms with van der Waals surface area (Å²) >= 11 is 0. The molecule has 1 fully saturated rings. The molecule has 0 unspecified atom stereocenters. The van der Waals surface area contributed by atoms with E-state index in [4.69, 9.17) is 0 Å². The SMILES string of the molecule is O=C1CC=C2CNCCC2=N1. The largest absolute Gasteiger partial charge is 0.312 e. The van der Waals surface area contributed by atoms with Crippen LogP contribution < -0.4 is 5.32 Å². The van der Waals surface area contributed by atoms with Crippen LogP contribution in [0.5, 0.6) is 0 Å². The molecular formula is C8H10N2O. The number of carbonyl (C=O) groups is 1. The Kier molecular flexibility index (Phi) is 1.58. The first-order chi connectivity index (χ1) is 5.36. The predicted octanol–water partition coefficient (Wildman–Crippen LogP) is 0.277. The lowest BCUT2D eigenvalue weighted by atomic mass is 10.0. The molecule has 11 heavy (non-hydrogen) atoms. The third kappa shape index (κ3) is 1.24. The third-order valence-electron chi connectivity index (χ3n) is 2.01. The summed E-state index contributed by atoms with van der Waals surface area (Å²) < 4.78 is 0. The summed E-state index contributed by atoms with van der Waals surface area (Å²) in [6.45, 7) is 1.83. The van der Waals surface area contributed by atoms with E-state index in [1.807, 2.05) is 6.08 Å². The van der Waals surface area contributed by atoms with Crippen molar-refractivity contribution in [3.8, 4) is 0 Å². The molecule has 2 heterocycles. The highest BCUT2D eigenvalue weighted by Crippen LogP contribution is 2.12. The molecule has 2 aliphatic heterocycles. The van der Waals surface area contributed by atoms with E-state index in [9.17, 15) is 4.79 Å². The highest BCUT2D eigenvalue weighted by Gasteiger charge is 2.17. The molecule has 1 amide bonds. The molecule has 0 aromatic carbocycles. The van der Waals surface area contributed by atoms with Crippen LogP contribution in [0.25, 0.3) is 0 Å². The first-order valence-corrected chi connectivity index (χ1v) is 3.87. The van der Waals surface area contributed by atoms with Crippen molar-refractivity contribution in [3.63, 3.8) is 0 Å². The van der Waals surface area contributed by atoms with Crippen molar-refractivity contribution >= 4 is 11.6 Å². The van der Waals surface area contributed by atoms with Gasteiger partial charge in [-0.05, 0) is 5.57 Å². The van der Waals surface area contributed by atoms with Gasteiger partial charge < -0.3 is 5.32 Å². The number of piperidine rings is 1. The second-order valence-electron chi connectivity index (χ2n) is 2.81. The van der Waals surface area contributed by atoms with E-state index in [1.54, 1.807) is 0 Å². The number of carbonyl (C=O) groups excluding carboxylic acids is 1. The molecule has 2 rings (SSSR count). The zero-order valence-electron chi connectivity index (χ0n) is 6.26. The first kappa shape index (κ1) is 6.73. The van der Waals surface area contributed by atoms with Crippen LogP contribution in [-0.2, 0) is 4.79 Å². The Morgan fingerprint density at radius 3 is 3.36 bits per heavy atom. The molecule has 3 heteroatoms. The van der Waals surface area contributed by atoms with Gasteiger partial charge in [-0.25, -0.2) is 4.99 Å². The molecule has 0 bridgehead atoms. The number of nitrogens with zero attached hydrogens (tertiary/aromatic N) is 1. The molecule has 58 valence electrons. The van der Waals surface area contributed by atoms with E-state index < -0.39 is 0 Å². The average molecular weight is 150 g/mol. The minimum Gasteiger partial charge on any atom is -0.312 e.